The van der Waals surface area contributed by atoms with Gasteiger partial charge in [0.05, 0.1) is 26.4 Å². The van der Waals surface area contributed by atoms with Crippen molar-refractivity contribution >= 4 is 11.9 Å². The molecule has 122 valence electrons. The van der Waals surface area contributed by atoms with E-state index in [2.05, 4.69) is 5.32 Å². The third-order valence-corrected chi connectivity index (χ3v) is 2.52. The molecule has 0 aromatic heterocycles. The molecule has 8 nitrogen and oxygen atoms in total. The zero-order valence-corrected chi connectivity index (χ0v) is 12.2. The van der Waals surface area contributed by atoms with Crippen molar-refractivity contribution in [3.8, 4) is 5.75 Å². The lowest BCUT2D eigenvalue weighted by molar-refractivity contribution is 0.0152. The summed E-state index contributed by atoms with van der Waals surface area (Å²) in [4.78, 5) is 11.6. The average molecular weight is 311 g/mol. The number of carbonyl (C=O) groups is 1. The van der Waals surface area contributed by atoms with E-state index in [4.69, 9.17) is 25.4 Å². The minimum atomic E-state index is -0.590. The Hall–Kier alpha value is -2.32. The number of nitrogens with one attached hydrogen (secondary N) is 2. The van der Waals surface area contributed by atoms with Crippen molar-refractivity contribution in [1.82, 2.24) is 5.32 Å². The lowest BCUT2D eigenvalue weighted by Gasteiger charge is -2.08. The van der Waals surface area contributed by atoms with Crippen LogP contribution in [-0.2, 0) is 14.2 Å². The van der Waals surface area contributed by atoms with Gasteiger partial charge in [-0.3, -0.25) is 5.41 Å². The van der Waals surface area contributed by atoms with Gasteiger partial charge in [0.15, 0.2) is 5.96 Å². The number of rotatable bonds is 10. The van der Waals surface area contributed by atoms with E-state index in [0.29, 0.717) is 26.4 Å². The van der Waals surface area contributed by atoms with Crippen LogP contribution in [0.3, 0.4) is 0 Å². The Labute approximate surface area is 128 Å². The standard InChI is InChI=1S/C14H21N3O5/c15-14(16)17-5-6-20-7-8-21-9-10-22-13(19)11-3-1-2-4-12(11)18/h1-4,18H,5-10H2,(H4,15,16,17). The average Bonchev–Trinajstić information content (AvgIpc) is 2.49. The largest absolute Gasteiger partial charge is 0.507 e. The maximum atomic E-state index is 11.6. The molecule has 0 unspecified atom stereocenters. The maximum Gasteiger partial charge on any atom is 0.341 e. The molecular weight excluding hydrogens is 290 g/mol. The number of aromatic hydroxyl groups is 1. The number of nitrogens with two attached hydrogens (primary N) is 1. The number of benzene rings is 1. The van der Waals surface area contributed by atoms with Gasteiger partial charge in [-0.15, -0.1) is 0 Å². The van der Waals surface area contributed by atoms with Gasteiger partial charge in [0.25, 0.3) is 0 Å². The fourth-order valence-electron chi connectivity index (χ4n) is 1.50. The van der Waals surface area contributed by atoms with Gasteiger partial charge in [-0.2, -0.15) is 0 Å². The van der Waals surface area contributed by atoms with Crippen molar-refractivity contribution in [3.63, 3.8) is 0 Å². The van der Waals surface area contributed by atoms with Crippen LogP contribution in [0.4, 0.5) is 0 Å². The molecule has 0 atom stereocenters. The predicted octanol–water partition coefficient (Wildman–Crippen LogP) is 0.0653. The Bertz CT molecular complexity index is 481. The molecule has 1 rings (SSSR count). The molecular formula is C14H21N3O5. The first kappa shape index (κ1) is 17.7. The SMILES string of the molecule is N=C(N)NCCOCCOCCOC(=O)c1ccccc1O. The van der Waals surface area contributed by atoms with Crippen LogP contribution in [0.25, 0.3) is 0 Å². The molecule has 0 saturated carbocycles. The van der Waals surface area contributed by atoms with Crippen molar-refractivity contribution in [3.05, 3.63) is 29.8 Å². The van der Waals surface area contributed by atoms with Gasteiger partial charge >= 0.3 is 5.97 Å². The van der Waals surface area contributed by atoms with E-state index < -0.39 is 5.97 Å². The maximum absolute atomic E-state index is 11.6. The molecule has 0 saturated heterocycles. The summed E-state index contributed by atoms with van der Waals surface area (Å²) in [6.45, 7) is 1.99. The molecule has 0 amide bonds. The molecule has 0 spiro atoms. The van der Waals surface area contributed by atoms with Crippen molar-refractivity contribution in [2.45, 2.75) is 0 Å². The summed E-state index contributed by atoms with van der Waals surface area (Å²) in [5.41, 5.74) is 5.23. The van der Waals surface area contributed by atoms with Gasteiger partial charge in [0, 0.05) is 6.54 Å². The first-order valence-corrected chi connectivity index (χ1v) is 6.79. The van der Waals surface area contributed by atoms with Crippen LogP contribution in [0.5, 0.6) is 5.75 Å². The van der Waals surface area contributed by atoms with Crippen molar-refractivity contribution in [2.75, 3.05) is 39.6 Å². The van der Waals surface area contributed by atoms with Gasteiger partial charge in [-0.05, 0) is 12.1 Å². The minimum Gasteiger partial charge on any atom is -0.507 e. The molecule has 1 aromatic rings. The van der Waals surface area contributed by atoms with E-state index in [-0.39, 0.29) is 30.5 Å². The number of hydrogen-bond acceptors (Lipinski definition) is 6. The van der Waals surface area contributed by atoms with Gasteiger partial charge in [-0.1, -0.05) is 12.1 Å². The molecule has 0 radical (unpaired) electrons. The van der Waals surface area contributed by atoms with Crippen molar-refractivity contribution in [2.24, 2.45) is 5.73 Å². The fraction of sp³-hybridized carbons (Fsp3) is 0.429. The highest BCUT2D eigenvalue weighted by Gasteiger charge is 2.10. The third kappa shape index (κ3) is 7.46. The molecule has 22 heavy (non-hydrogen) atoms. The highest BCUT2D eigenvalue weighted by Crippen LogP contribution is 2.16. The number of phenols is 1. The van der Waals surface area contributed by atoms with Gasteiger partial charge in [0.2, 0.25) is 0 Å². The van der Waals surface area contributed by atoms with Crippen LogP contribution in [0.15, 0.2) is 24.3 Å². The lowest BCUT2D eigenvalue weighted by Crippen LogP contribution is -2.33. The number of guanidine groups is 1. The van der Waals surface area contributed by atoms with E-state index in [0.717, 1.165) is 0 Å². The van der Waals surface area contributed by atoms with E-state index in [1.165, 1.54) is 12.1 Å². The first-order chi connectivity index (χ1) is 10.6. The fourth-order valence-corrected chi connectivity index (χ4v) is 1.50. The normalized spacial score (nSPS) is 10.2. The van der Waals surface area contributed by atoms with Crippen LogP contribution in [0.2, 0.25) is 0 Å². The van der Waals surface area contributed by atoms with Crippen molar-refractivity contribution in [1.29, 1.82) is 5.41 Å². The van der Waals surface area contributed by atoms with Crippen LogP contribution in [0, 0.1) is 5.41 Å². The Balaban J connectivity index is 1.99. The Kier molecular flexibility index (Phi) is 8.39. The van der Waals surface area contributed by atoms with Crippen LogP contribution in [0.1, 0.15) is 10.4 Å². The van der Waals surface area contributed by atoms with Gasteiger partial charge in [0.1, 0.15) is 17.9 Å². The molecule has 0 aliphatic rings. The van der Waals surface area contributed by atoms with Crippen LogP contribution >= 0.6 is 0 Å². The molecule has 1 aromatic carbocycles. The number of carbonyl (C=O) groups excluding carboxylic acids is 1. The zero-order valence-electron chi connectivity index (χ0n) is 12.2. The predicted molar refractivity (Wildman–Crippen MR) is 79.9 cm³/mol. The summed E-state index contributed by atoms with van der Waals surface area (Å²) in [6.07, 6.45) is 0. The molecule has 0 bridgehead atoms. The second-order valence-electron chi connectivity index (χ2n) is 4.22. The summed E-state index contributed by atoms with van der Waals surface area (Å²) in [5.74, 6) is -0.791. The zero-order chi connectivity index (χ0) is 16.2. The molecule has 0 heterocycles. The van der Waals surface area contributed by atoms with E-state index in [1.54, 1.807) is 12.1 Å². The molecule has 8 heteroatoms. The summed E-state index contributed by atoms with van der Waals surface area (Å²) < 4.78 is 15.4. The number of para-hydroxylation sites is 1. The molecule has 0 aliphatic heterocycles. The van der Waals surface area contributed by atoms with Crippen molar-refractivity contribution < 1.29 is 24.1 Å². The van der Waals surface area contributed by atoms with Crippen LogP contribution < -0.4 is 11.1 Å². The van der Waals surface area contributed by atoms with E-state index in [1.807, 2.05) is 0 Å². The number of ether oxygens (including phenoxy) is 3. The Morgan fingerprint density at radius 3 is 2.45 bits per heavy atom. The molecule has 0 aliphatic carbocycles. The number of phenolic OH excluding ortho intramolecular Hbond substituents is 1. The van der Waals surface area contributed by atoms with Gasteiger partial charge in [-0.25, -0.2) is 4.79 Å². The highest BCUT2D eigenvalue weighted by molar-refractivity contribution is 5.92. The number of esters is 1. The second kappa shape index (κ2) is 10.4. The van der Waals surface area contributed by atoms with Gasteiger partial charge < -0.3 is 30.4 Å². The first-order valence-electron chi connectivity index (χ1n) is 6.79. The Morgan fingerprint density at radius 2 is 1.77 bits per heavy atom. The topological polar surface area (TPSA) is 127 Å². The second-order valence-corrected chi connectivity index (χ2v) is 4.22. The van der Waals surface area contributed by atoms with E-state index >= 15 is 0 Å². The summed E-state index contributed by atoms with van der Waals surface area (Å²) in [5, 5.41) is 19.0. The molecule has 5 N–H and O–H groups in total. The Morgan fingerprint density at radius 1 is 1.14 bits per heavy atom. The highest BCUT2D eigenvalue weighted by atomic mass is 16.6. The monoisotopic (exact) mass is 311 g/mol. The van der Waals surface area contributed by atoms with Crippen LogP contribution in [-0.4, -0.2) is 56.6 Å². The summed E-state index contributed by atoms with van der Waals surface area (Å²) in [6, 6.07) is 6.18. The third-order valence-electron chi connectivity index (χ3n) is 2.52. The number of hydrogen-bond donors (Lipinski definition) is 4. The quantitative estimate of drug-likeness (QED) is 0.208. The summed E-state index contributed by atoms with van der Waals surface area (Å²) in [7, 11) is 0. The molecule has 0 fully saturated rings. The minimum absolute atomic E-state index is 0.0916. The summed E-state index contributed by atoms with van der Waals surface area (Å²) >= 11 is 0. The lowest BCUT2D eigenvalue weighted by atomic mass is 10.2. The van der Waals surface area contributed by atoms with E-state index in [9.17, 15) is 9.90 Å². The smallest absolute Gasteiger partial charge is 0.341 e.